The molecule has 16 heavy (non-hydrogen) atoms. The van der Waals surface area contributed by atoms with Gasteiger partial charge in [0, 0.05) is 11.1 Å². The van der Waals surface area contributed by atoms with Gasteiger partial charge in [0.1, 0.15) is 5.75 Å². The van der Waals surface area contributed by atoms with Crippen molar-refractivity contribution in [2.24, 2.45) is 5.92 Å². The third-order valence-electron chi connectivity index (χ3n) is 3.24. The van der Waals surface area contributed by atoms with Crippen LogP contribution in [0.3, 0.4) is 0 Å². The maximum absolute atomic E-state index is 6.02. The lowest BCUT2D eigenvalue weighted by Gasteiger charge is -2.17. The number of likely N-dealkylation sites (N-methyl/N-ethyl adjacent to an activating group) is 1. The minimum atomic E-state index is 0.548. The minimum Gasteiger partial charge on any atom is -0.496 e. The van der Waals surface area contributed by atoms with Gasteiger partial charge in [-0.3, -0.25) is 0 Å². The maximum atomic E-state index is 6.02. The highest BCUT2D eigenvalue weighted by Gasteiger charge is 2.30. The molecule has 1 aliphatic rings. The summed E-state index contributed by atoms with van der Waals surface area (Å²) in [6.07, 6.45) is 3.67. The van der Waals surface area contributed by atoms with Gasteiger partial charge in [-0.25, -0.2) is 0 Å². The molecule has 0 heterocycles. The number of rotatable bonds is 5. The molecule has 0 saturated heterocycles. The second-order valence-electron chi connectivity index (χ2n) is 4.39. The van der Waals surface area contributed by atoms with Crippen LogP contribution in [0.15, 0.2) is 18.2 Å². The number of hydrogen-bond donors (Lipinski definition) is 1. The number of hydrogen-bond acceptors (Lipinski definition) is 2. The molecule has 0 radical (unpaired) electrons. The fourth-order valence-corrected chi connectivity index (χ4v) is 2.34. The number of benzene rings is 1. The normalized spacial score (nSPS) is 17.2. The van der Waals surface area contributed by atoms with E-state index in [9.17, 15) is 0 Å². The molecule has 88 valence electrons. The fourth-order valence-electron chi connectivity index (χ4n) is 2.15. The minimum absolute atomic E-state index is 0.548. The van der Waals surface area contributed by atoms with Crippen molar-refractivity contribution < 1.29 is 4.74 Å². The molecule has 1 aliphatic carbocycles. The van der Waals surface area contributed by atoms with Crippen LogP contribution in [0, 0.1) is 5.92 Å². The van der Waals surface area contributed by atoms with E-state index in [2.05, 4.69) is 5.32 Å². The summed E-state index contributed by atoms with van der Waals surface area (Å²) in [5, 5.41) is 4.16. The molecule has 1 unspecified atom stereocenters. The molecule has 0 bridgehead atoms. The summed E-state index contributed by atoms with van der Waals surface area (Å²) in [7, 11) is 3.73. The fraction of sp³-hybridized carbons (Fsp3) is 0.538. The van der Waals surface area contributed by atoms with Gasteiger partial charge >= 0.3 is 0 Å². The van der Waals surface area contributed by atoms with Gasteiger partial charge in [0.15, 0.2) is 0 Å². The van der Waals surface area contributed by atoms with Crippen molar-refractivity contribution >= 4 is 11.6 Å². The van der Waals surface area contributed by atoms with Crippen molar-refractivity contribution in [2.75, 3.05) is 14.2 Å². The van der Waals surface area contributed by atoms with Gasteiger partial charge in [-0.15, -0.1) is 0 Å². The van der Waals surface area contributed by atoms with Gasteiger partial charge in [0.2, 0.25) is 0 Å². The van der Waals surface area contributed by atoms with Gasteiger partial charge in [0.25, 0.3) is 0 Å². The monoisotopic (exact) mass is 239 g/mol. The Labute approximate surface area is 102 Å². The molecule has 3 heteroatoms. The number of halogens is 1. The van der Waals surface area contributed by atoms with E-state index in [1.54, 1.807) is 7.11 Å². The van der Waals surface area contributed by atoms with E-state index in [1.165, 1.54) is 18.4 Å². The van der Waals surface area contributed by atoms with Crippen LogP contribution in [0.25, 0.3) is 0 Å². The van der Waals surface area contributed by atoms with E-state index >= 15 is 0 Å². The lowest BCUT2D eigenvalue weighted by Crippen LogP contribution is -2.29. The first kappa shape index (κ1) is 11.7. The van der Waals surface area contributed by atoms with Crippen molar-refractivity contribution in [3.05, 3.63) is 28.8 Å². The molecule has 1 aromatic carbocycles. The highest BCUT2D eigenvalue weighted by molar-refractivity contribution is 6.30. The second-order valence-corrected chi connectivity index (χ2v) is 4.83. The Morgan fingerprint density at radius 3 is 2.81 bits per heavy atom. The molecule has 2 rings (SSSR count). The van der Waals surface area contributed by atoms with Gasteiger partial charge in [-0.2, -0.15) is 0 Å². The van der Waals surface area contributed by atoms with Gasteiger partial charge in [-0.1, -0.05) is 11.6 Å². The van der Waals surface area contributed by atoms with Crippen LogP contribution in [-0.2, 0) is 6.42 Å². The van der Waals surface area contributed by atoms with E-state index in [0.29, 0.717) is 6.04 Å². The number of nitrogens with one attached hydrogen (secondary N) is 1. The molecule has 0 spiro atoms. The summed E-state index contributed by atoms with van der Waals surface area (Å²) in [6.45, 7) is 0. The van der Waals surface area contributed by atoms with E-state index in [4.69, 9.17) is 16.3 Å². The Morgan fingerprint density at radius 1 is 1.50 bits per heavy atom. The summed E-state index contributed by atoms with van der Waals surface area (Å²) >= 11 is 6.02. The average molecular weight is 240 g/mol. The molecule has 0 amide bonds. The molecular weight excluding hydrogens is 222 g/mol. The molecule has 1 fully saturated rings. The average Bonchev–Trinajstić information content (AvgIpc) is 3.10. The van der Waals surface area contributed by atoms with Crippen molar-refractivity contribution in [3.63, 3.8) is 0 Å². The predicted octanol–water partition coefficient (Wildman–Crippen LogP) is 2.89. The first-order chi connectivity index (χ1) is 7.74. The van der Waals surface area contributed by atoms with Gasteiger partial charge < -0.3 is 10.1 Å². The largest absolute Gasteiger partial charge is 0.496 e. The third kappa shape index (κ3) is 2.69. The van der Waals surface area contributed by atoms with Crippen LogP contribution in [0.2, 0.25) is 5.02 Å². The van der Waals surface area contributed by atoms with Crippen LogP contribution in [0.4, 0.5) is 0 Å². The molecule has 1 saturated carbocycles. The number of ether oxygens (including phenoxy) is 1. The SMILES string of the molecule is CNC(Cc1cc(Cl)ccc1OC)C1CC1. The molecule has 0 aromatic heterocycles. The standard InChI is InChI=1S/C13H18ClNO/c1-15-12(9-3-4-9)8-10-7-11(14)5-6-13(10)16-2/h5-7,9,12,15H,3-4,8H2,1-2H3. The molecule has 1 aromatic rings. The molecule has 2 nitrogen and oxygen atoms in total. The second kappa shape index (κ2) is 5.07. The van der Waals surface area contributed by atoms with Crippen molar-refractivity contribution in [1.29, 1.82) is 0 Å². The molecule has 1 N–H and O–H groups in total. The Bertz CT molecular complexity index is 363. The summed E-state index contributed by atoms with van der Waals surface area (Å²) in [6, 6.07) is 6.37. The van der Waals surface area contributed by atoms with Crippen LogP contribution >= 0.6 is 11.6 Å². The van der Waals surface area contributed by atoms with E-state index in [-0.39, 0.29) is 0 Å². The zero-order valence-corrected chi connectivity index (χ0v) is 10.6. The van der Waals surface area contributed by atoms with E-state index in [1.807, 2.05) is 25.2 Å². The highest BCUT2D eigenvalue weighted by atomic mass is 35.5. The summed E-state index contributed by atoms with van der Waals surface area (Å²) in [4.78, 5) is 0. The smallest absolute Gasteiger partial charge is 0.122 e. The van der Waals surface area contributed by atoms with Crippen LogP contribution in [-0.4, -0.2) is 20.2 Å². The predicted molar refractivity (Wildman–Crippen MR) is 67.3 cm³/mol. The zero-order valence-electron chi connectivity index (χ0n) is 9.79. The highest BCUT2D eigenvalue weighted by Crippen LogP contribution is 2.35. The molecule has 0 aliphatic heterocycles. The lowest BCUT2D eigenvalue weighted by molar-refractivity contribution is 0.403. The first-order valence-electron chi connectivity index (χ1n) is 5.74. The number of methoxy groups -OCH3 is 1. The first-order valence-corrected chi connectivity index (χ1v) is 6.12. The molecule has 1 atom stereocenters. The third-order valence-corrected chi connectivity index (χ3v) is 3.48. The van der Waals surface area contributed by atoms with Crippen LogP contribution in [0.5, 0.6) is 5.75 Å². The maximum Gasteiger partial charge on any atom is 0.122 e. The topological polar surface area (TPSA) is 21.3 Å². The van der Waals surface area contributed by atoms with Gasteiger partial charge in [0.05, 0.1) is 7.11 Å². The van der Waals surface area contributed by atoms with Crippen LogP contribution in [0.1, 0.15) is 18.4 Å². The van der Waals surface area contributed by atoms with Crippen LogP contribution < -0.4 is 10.1 Å². The lowest BCUT2D eigenvalue weighted by atomic mass is 10.0. The zero-order chi connectivity index (χ0) is 11.5. The summed E-state index contributed by atoms with van der Waals surface area (Å²) in [5.41, 5.74) is 1.20. The Morgan fingerprint density at radius 2 is 2.25 bits per heavy atom. The summed E-state index contributed by atoms with van der Waals surface area (Å²) < 4.78 is 5.36. The van der Waals surface area contributed by atoms with Gasteiger partial charge in [-0.05, 0) is 56.0 Å². The Hall–Kier alpha value is -0.730. The summed E-state index contributed by atoms with van der Waals surface area (Å²) in [5.74, 6) is 1.76. The van der Waals surface area contributed by atoms with Crippen molar-refractivity contribution in [2.45, 2.75) is 25.3 Å². The Balaban J connectivity index is 2.14. The quantitative estimate of drug-likeness (QED) is 0.853. The molecular formula is C13H18ClNO. The Kier molecular flexibility index (Phi) is 3.72. The van der Waals surface area contributed by atoms with Crippen molar-refractivity contribution in [1.82, 2.24) is 5.32 Å². The van der Waals surface area contributed by atoms with E-state index < -0.39 is 0 Å². The van der Waals surface area contributed by atoms with Crippen molar-refractivity contribution in [3.8, 4) is 5.75 Å². The van der Waals surface area contributed by atoms with E-state index in [0.717, 1.165) is 23.1 Å².